The highest BCUT2D eigenvalue weighted by Crippen LogP contribution is 2.40. The van der Waals surface area contributed by atoms with Crippen LogP contribution in [0.25, 0.3) is 0 Å². The first-order valence-electron chi connectivity index (χ1n) is 10.6. The van der Waals surface area contributed by atoms with E-state index >= 15 is 0 Å². The summed E-state index contributed by atoms with van der Waals surface area (Å²) in [5.41, 5.74) is 2.28. The van der Waals surface area contributed by atoms with E-state index in [-0.39, 0.29) is 22.8 Å². The molecule has 0 saturated heterocycles. The van der Waals surface area contributed by atoms with Gasteiger partial charge < -0.3 is 10.6 Å². The number of nitrogens with one attached hydrogen (secondary N) is 2. The lowest BCUT2D eigenvalue weighted by molar-refractivity contribution is -0.119. The molecule has 168 valence electrons. The third-order valence-corrected chi connectivity index (χ3v) is 6.35. The molecule has 1 aliphatic carbocycles. The van der Waals surface area contributed by atoms with Gasteiger partial charge in [0.2, 0.25) is 5.78 Å². The zero-order chi connectivity index (χ0) is 23.9. The van der Waals surface area contributed by atoms with E-state index in [4.69, 9.17) is 28.2 Å². The van der Waals surface area contributed by atoms with Gasteiger partial charge in [0, 0.05) is 27.5 Å². The molecule has 2 N–H and O–H groups in total. The number of hydrogen-bond donors (Lipinski definition) is 2. The van der Waals surface area contributed by atoms with E-state index in [1.807, 2.05) is 30.3 Å². The zero-order valence-electron chi connectivity index (χ0n) is 18.1. The third-order valence-electron chi connectivity index (χ3n) is 5.84. The summed E-state index contributed by atoms with van der Waals surface area (Å²) >= 11 is 12.0. The summed E-state index contributed by atoms with van der Waals surface area (Å²) in [6.45, 7) is 1.77. The van der Waals surface area contributed by atoms with Crippen molar-refractivity contribution in [2.75, 3.05) is 10.6 Å². The minimum absolute atomic E-state index is 0.187. The molecule has 5 nitrogen and oxygen atoms in total. The second kappa shape index (κ2) is 8.60. The van der Waals surface area contributed by atoms with Gasteiger partial charge in [0.15, 0.2) is 5.78 Å². The summed E-state index contributed by atoms with van der Waals surface area (Å²) in [6, 6.07) is 23.4. The van der Waals surface area contributed by atoms with Gasteiger partial charge in [0.25, 0.3) is 0 Å². The minimum atomic E-state index is -1.16. The van der Waals surface area contributed by atoms with Crippen molar-refractivity contribution in [1.29, 1.82) is 0 Å². The van der Waals surface area contributed by atoms with Gasteiger partial charge >= 0.3 is 0 Å². The van der Waals surface area contributed by atoms with Crippen LogP contribution in [0, 0.1) is 0 Å². The van der Waals surface area contributed by atoms with Crippen LogP contribution in [0.15, 0.2) is 107 Å². The van der Waals surface area contributed by atoms with Gasteiger partial charge in [-0.15, -0.1) is 0 Å². The molecule has 1 aliphatic heterocycles. The maximum Gasteiger partial charge on any atom is 0.204 e. The number of ketones is 2. The predicted molar refractivity (Wildman–Crippen MR) is 137 cm³/mol. The first-order valence-corrected chi connectivity index (χ1v) is 11.4. The number of nitrogens with zero attached hydrogens (tertiary/aromatic N) is 1. The van der Waals surface area contributed by atoms with Crippen molar-refractivity contribution in [3.05, 3.63) is 118 Å². The molecule has 1 heterocycles. The largest absolute Gasteiger partial charge is 0.354 e. The number of fused-ring (bicyclic) bond motifs is 1. The molecule has 1 atom stereocenters. The van der Waals surface area contributed by atoms with E-state index in [1.54, 1.807) is 55.5 Å². The summed E-state index contributed by atoms with van der Waals surface area (Å²) in [4.78, 5) is 32.0. The number of benzene rings is 3. The summed E-state index contributed by atoms with van der Waals surface area (Å²) in [5.74, 6) is -0.576. The second-order valence-corrected chi connectivity index (χ2v) is 9.04. The highest BCUT2D eigenvalue weighted by molar-refractivity contribution is 6.41. The molecule has 0 aromatic heterocycles. The number of carbonyl (C=O) groups is 2. The molecular formula is C27H19Cl2N3O2. The average Bonchev–Trinajstić information content (AvgIpc) is 3.12. The smallest absolute Gasteiger partial charge is 0.204 e. The molecule has 7 heteroatoms. The monoisotopic (exact) mass is 487 g/mol. The van der Waals surface area contributed by atoms with Crippen molar-refractivity contribution < 1.29 is 9.59 Å². The van der Waals surface area contributed by atoms with E-state index in [9.17, 15) is 9.59 Å². The Labute approximate surface area is 206 Å². The Kier molecular flexibility index (Phi) is 5.60. The second-order valence-electron chi connectivity index (χ2n) is 8.16. The Morgan fingerprint density at radius 3 is 1.91 bits per heavy atom. The van der Waals surface area contributed by atoms with Crippen molar-refractivity contribution >= 4 is 51.9 Å². The van der Waals surface area contributed by atoms with Gasteiger partial charge in [-0.05, 0) is 61.0 Å². The van der Waals surface area contributed by atoms with Crippen LogP contribution in [0.2, 0.25) is 10.0 Å². The fourth-order valence-corrected chi connectivity index (χ4v) is 4.30. The van der Waals surface area contributed by atoms with E-state index in [0.29, 0.717) is 27.1 Å². The van der Waals surface area contributed by atoms with Gasteiger partial charge in [-0.2, -0.15) is 0 Å². The van der Waals surface area contributed by atoms with Crippen LogP contribution in [-0.4, -0.2) is 17.3 Å². The summed E-state index contributed by atoms with van der Waals surface area (Å²) < 4.78 is 0. The molecule has 0 fully saturated rings. The molecule has 0 saturated carbocycles. The number of anilines is 2. The van der Waals surface area contributed by atoms with Crippen molar-refractivity contribution in [3.63, 3.8) is 0 Å². The number of carbonyl (C=O) groups excluding carboxylic acids is 2. The fourth-order valence-electron chi connectivity index (χ4n) is 4.05. The van der Waals surface area contributed by atoms with E-state index in [1.165, 1.54) is 6.08 Å². The average molecular weight is 488 g/mol. The molecule has 0 amide bonds. The predicted octanol–water partition coefficient (Wildman–Crippen LogP) is 6.18. The molecule has 2 aliphatic rings. The topological polar surface area (TPSA) is 70.6 Å². The first kappa shape index (κ1) is 22.1. The van der Waals surface area contributed by atoms with Crippen LogP contribution in [0.3, 0.4) is 0 Å². The van der Waals surface area contributed by atoms with Gasteiger partial charge in [-0.1, -0.05) is 53.5 Å². The third kappa shape index (κ3) is 3.94. The van der Waals surface area contributed by atoms with Gasteiger partial charge in [-0.25, -0.2) is 0 Å². The first-order chi connectivity index (χ1) is 16.3. The minimum Gasteiger partial charge on any atom is -0.354 e. The van der Waals surface area contributed by atoms with E-state index in [2.05, 4.69) is 10.6 Å². The summed E-state index contributed by atoms with van der Waals surface area (Å²) in [5, 5.41) is 7.52. The Balaban J connectivity index is 1.62. The number of rotatable bonds is 5. The van der Waals surface area contributed by atoms with Crippen molar-refractivity contribution in [2.45, 2.75) is 12.5 Å². The molecule has 3 aromatic carbocycles. The van der Waals surface area contributed by atoms with Crippen LogP contribution < -0.4 is 10.6 Å². The summed E-state index contributed by atoms with van der Waals surface area (Å²) in [7, 11) is 0. The molecule has 1 unspecified atom stereocenters. The Morgan fingerprint density at radius 2 is 1.32 bits per heavy atom. The number of Topliss-reactive ketones (excluding diaryl/α,β-unsaturated/α-hetero) is 1. The molecule has 0 bridgehead atoms. The Morgan fingerprint density at radius 1 is 0.765 bits per heavy atom. The van der Waals surface area contributed by atoms with Crippen molar-refractivity contribution in [2.24, 2.45) is 4.99 Å². The maximum atomic E-state index is 13.8. The van der Waals surface area contributed by atoms with E-state index < -0.39 is 5.54 Å². The van der Waals surface area contributed by atoms with Crippen LogP contribution in [0.1, 0.15) is 12.5 Å². The SMILES string of the molecule is CC1(c2ccccc2)N=C2C(Nc3ccc(Cl)cc3)=CC(=O)C(Nc3ccc(Cl)cc3)=C2C1=O. The quantitative estimate of drug-likeness (QED) is 0.421. The fraction of sp³-hybridized carbons (Fsp3) is 0.0741. The molecular weight excluding hydrogens is 469 g/mol. The van der Waals surface area contributed by atoms with Gasteiger partial charge in [0.05, 0.1) is 22.7 Å². The number of allylic oxidation sites excluding steroid dienone is 2. The van der Waals surface area contributed by atoms with Crippen molar-refractivity contribution in [1.82, 2.24) is 0 Å². The van der Waals surface area contributed by atoms with Crippen LogP contribution in [-0.2, 0) is 15.1 Å². The Hall–Kier alpha value is -3.67. The van der Waals surface area contributed by atoms with Crippen LogP contribution >= 0.6 is 23.2 Å². The van der Waals surface area contributed by atoms with E-state index in [0.717, 1.165) is 11.3 Å². The standard InChI is InChI=1S/C27H19Cl2N3O2/c1-27(16-5-3-2-4-6-16)26(34)23-24(32-27)21(30-19-11-7-17(28)8-12-19)15-22(33)25(23)31-20-13-9-18(29)10-14-20/h2-15,30-31H,1H3. The zero-order valence-corrected chi connectivity index (χ0v) is 19.6. The van der Waals surface area contributed by atoms with Gasteiger partial charge in [0.1, 0.15) is 5.54 Å². The lowest BCUT2D eigenvalue weighted by Crippen LogP contribution is -2.31. The highest BCUT2D eigenvalue weighted by atomic mass is 35.5. The highest BCUT2D eigenvalue weighted by Gasteiger charge is 2.48. The maximum absolute atomic E-state index is 13.8. The number of halogens is 2. The summed E-state index contributed by atoms with van der Waals surface area (Å²) in [6.07, 6.45) is 1.46. The molecule has 5 rings (SSSR count). The van der Waals surface area contributed by atoms with Crippen molar-refractivity contribution in [3.8, 4) is 0 Å². The lowest BCUT2D eigenvalue weighted by Gasteiger charge is -2.21. The van der Waals surface area contributed by atoms with Crippen LogP contribution in [0.4, 0.5) is 11.4 Å². The molecule has 3 aromatic rings. The van der Waals surface area contributed by atoms with Crippen LogP contribution in [0.5, 0.6) is 0 Å². The molecule has 34 heavy (non-hydrogen) atoms. The lowest BCUT2D eigenvalue weighted by atomic mass is 9.84. The number of aliphatic imine (C=N–C) groups is 1. The number of hydrogen-bond acceptors (Lipinski definition) is 5. The molecule has 0 radical (unpaired) electrons. The molecule has 0 spiro atoms. The Bertz CT molecular complexity index is 1390. The normalized spacial score (nSPS) is 19.5. The van der Waals surface area contributed by atoms with Gasteiger partial charge in [-0.3, -0.25) is 14.6 Å².